The second-order valence-electron chi connectivity index (χ2n) is 8.40. The summed E-state index contributed by atoms with van der Waals surface area (Å²) in [5, 5.41) is 4.87. The van der Waals surface area contributed by atoms with Gasteiger partial charge in [0.25, 0.3) is 0 Å². The van der Waals surface area contributed by atoms with E-state index in [1.807, 2.05) is 0 Å². The molecule has 0 N–H and O–H groups in total. The van der Waals surface area contributed by atoms with Crippen LogP contribution in [-0.4, -0.2) is 8.32 Å². The fraction of sp³-hybridized carbons (Fsp3) is 0.154. The molecular weight excluding hydrogens is 436 g/mol. The molecule has 0 radical (unpaired) electrons. The highest BCUT2D eigenvalue weighted by molar-refractivity contribution is 9.10. The average molecular weight is 461 g/mol. The van der Waals surface area contributed by atoms with E-state index in [1.54, 1.807) is 0 Å². The van der Waals surface area contributed by atoms with Gasteiger partial charge in [-0.15, -0.1) is 0 Å². The summed E-state index contributed by atoms with van der Waals surface area (Å²) in [5.74, 6) is 0.901. The van der Waals surface area contributed by atoms with E-state index in [0.717, 1.165) is 10.2 Å². The zero-order chi connectivity index (χ0) is 20.5. The van der Waals surface area contributed by atoms with Gasteiger partial charge in [0.15, 0.2) is 0 Å². The average Bonchev–Trinajstić information content (AvgIpc) is 2.72. The molecule has 0 atom stereocenters. The molecule has 3 heteroatoms. The van der Waals surface area contributed by atoms with E-state index in [9.17, 15) is 0 Å². The highest BCUT2D eigenvalue weighted by atomic mass is 79.9. The standard InChI is InChI=1S/C26H25BrOSi/c1-26(2,3)29(22-14-6-4-7-15-22,23-16-8-5-9-17-23)28-25-19-21-13-11-10-12-20(21)18-24(25)27/h4-19H,1-3H3. The Bertz CT molecular complexity index is 1080. The third-order valence-corrected chi connectivity index (χ3v) is 11.0. The van der Waals surface area contributed by atoms with E-state index in [4.69, 9.17) is 4.43 Å². The Morgan fingerprint density at radius 3 is 1.59 bits per heavy atom. The van der Waals surface area contributed by atoms with Crippen LogP contribution in [0.1, 0.15) is 20.8 Å². The number of benzene rings is 4. The summed E-state index contributed by atoms with van der Waals surface area (Å²) in [4.78, 5) is 0. The van der Waals surface area contributed by atoms with Crippen LogP contribution in [0.3, 0.4) is 0 Å². The molecule has 0 saturated heterocycles. The van der Waals surface area contributed by atoms with Crippen LogP contribution in [0.2, 0.25) is 5.04 Å². The van der Waals surface area contributed by atoms with Gasteiger partial charge in [0.1, 0.15) is 5.75 Å². The Kier molecular flexibility index (Phi) is 5.37. The van der Waals surface area contributed by atoms with Gasteiger partial charge >= 0.3 is 8.32 Å². The topological polar surface area (TPSA) is 9.23 Å². The van der Waals surface area contributed by atoms with Crippen LogP contribution >= 0.6 is 15.9 Å². The van der Waals surface area contributed by atoms with Crippen LogP contribution in [0.4, 0.5) is 0 Å². The van der Waals surface area contributed by atoms with Gasteiger partial charge in [-0.2, -0.15) is 0 Å². The van der Waals surface area contributed by atoms with Crippen LogP contribution in [0, 0.1) is 0 Å². The summed E-state index contributed by atoms with van der Waals surface area (Å²) in [6.07, 6.45) is 0. The van der Waals surface area contributed by atoms with Crippen molar-refractivity contribution in [3.63, 3.8) is 0 Å². The van der Waals surface area contributed by atoms with Gasteiger partial charge in [-0.1, -0.05) is 106 Å². The quantitative estimate of drug-likeness (QED) is 0.314. The van der Waals surface area contributed by atoms with Crippen LogP contribution < -0.4 is 14.8 Å². The van der Waals surface area contributed by atoms with Crippen LogP contribution in [0.5, 0.6) is 5.75 Å². The van der Waals surface area contributed by atoms with Crippen molar-refractivity contribution < 1.29 is 4.43 Å². The minimum Gasteiger partial charge on any atom is -0.533 e. The minimum absolute atomic E-state index is 0.0687. The second kappa shape index (κ2) is 7.81. The summed E-state index contributed by atoms with van der Waals surface area (Å²) in [6, 6.07) is 34.2. The van der Waals surface area contributed by atoms with E-state index in [0.29, 0.717) is 0 Å². The molecule has 0 heterocycles. The first-order valence-corrected chi connectivity index (χ1v) is 12.6. The summed E-state index contributed by atoms with van der Waals surface area (Å²) >= 11 is 3.78. The Labute approximate surface area is 182 Å². The van der Waals surface area contributed by atoms with Gasteiger partial charge < -0.3 is 4.43 Å². The maximum absolute atomic E-state index is 7.17. The highest BCUT2D eigenvalue weighted by Crippen LogP contribution is 2.40. The van der Waals surface area contributed by atoms with E-state index in [1.165, 1.54) is 21.1 Å². The Morgan fingerprint density at radius 1 is 0.655 bits per heavy atom. The Hall–Kier alpha value is -2.36. The molecule has 0 aliphatic carbocycles. The van der Waals surface area contributed by atoms with Gasteiger partial charge in [0.05, 0.1) is 4.47 Å². The molecule has 4 aromatic carbocycles. The second-order valence-corrected chi connectivity index (χ2v) is 13.5. The van der Waals surface area contributed by atoms with Crippen LogP contribution in [0.25, 0.3) is 10.8 Å². The van der Waals surface area contributed by atoms with Gasteiger partial charge in [0.2, 0.25) is 0 Å². The van der Waals surface area contributed by atoms with Crippen LogP contribution in [-0.2, 0) is 0 Å². The van der Waals surface area contributed by atoms with Crippen molar-refractivity contribution in [2.24, 2.45) is 0 Å². The largest absolute Gasteiger partial charge is 0.533 e. The fourth-order valence-electron chi connectivity index (χ4n) is 4.08. The van der Waals surface area contributed by atoms with Gasteiger partial charge in [-0.05, 0) is 54.2 Å². The number of hydrogen-bond acceptors (Lipinski definition) is 1. The summed E-state index contributed by atoms with van der Waals surface area (Å²) < 4.78 is 8.16. The molecule has 0 saturated carbocycles. The molecule has 0 aliphatic heterocycles. The lowest BCUT2D eigenvalue weighted by atomic mass is 10.1. The predicted molar refractivity (Wildman–Crippen MR) is 130 cm³/mol. The number of halogens is 1. The van der Waals surface area contributed by atoms with Crippen molar-refractivity contribution in [2.45, 2.75) is 25.8 Å². The highest BCUT2D eigenvalue weighted by Gasteiger charge is 2.52. The fourth-order valence-corrected chi connectivity index (χ4v) is 9.11. The first kappa shape index (κ1) is 19.9. The van der Waals surface area contributed by atoms with Crippen molar-refractivity contribution in [1.29, 1.82) is 0 Å². The number of hydrogen-bond donors (Lipinski definition) is 0. The molecule has 0 fully saturated rings. The molecule has 0 unspecified atom stereocenters. The lowest BCUT2D eigenvalue weighted by Crippen LogP contribution is -2.68. The lowest BCUT2D eigenvalue weighted by Gasteiger charge is -2.43. The minimum atomic E-state index is -2.64. The Morgan fingerprint density at radius 2 is 1.10 bits per heavy atom. The molecular formula is C26H25BrOSi. The third-order valence-electron chi connectivity index (χ3n) is 5.48. The molecule has 146 valence electrons. The number of fused-ring (bicyclic) bond motifs is 1. The molecule has 0 amide bonds. The maximum Gasteiger partial charge on any atom is 0.320 e. The Balaban J connectivity index is 1.97. The lowest BCUT2D eigenvalue weighted by molar-refractivity contribution is 0.506. The van der Waals surface area contributed by atoms with Crippen molar-refractivity contribution in [3.05, 3.63) is 102 Å². The van der Waals surface area contributed by atoms with Crippen LogP contribution in [0.15, 0.2) is 102 Å². The first-order chi connectivity index (χ1) is 13.9. The zero-order valence-electron chi connectivity index (χ0n) is 17.0. The van der Waals surface area contributed by atoms with Gasteiger partial charge in [0, 0.05) is 0 Å². The van der Waals surface area contributed by atoms with Gasteiger partial charge in [-0.25, -0.2) is 0 Å². The summed E-state index contributed by atoms with van der Waals surface area (Å²) in [6.45, 7) is 6.90. The number of rotatable bonds is 4. The zero-order valence-corrected chi connectivity index (χ0v) is 19.6. The van der Waals surface area contributed by atoms with Crippen molar-refractivity contribution in [2.75, 3.05) is 0 Å². The van der Waals surface area contributed by atoms with E-state index < -0.39 is 8.32 Å². The van der Waals surface area contributed by atoms with Crippen molar-refractivity contribution >= 4 is 45.4 Å². The molecule has 1 nitrogen and oxygen atoms in total. The molecule has 0 bridgehead atoms. The molecule has 4 rings (SSSR count). The monoisotopic (exact) mass is 460 g/mol. The summed E-state index contributed by atoms with van der Waals surface area (Å²) in [5.41, 5.74) is 0. The molecule has 0 spiro atoms. The van der Waals surface area contributed by atoms with Crippen molar-refractivity contribution in [1.82, 2.24) is 0 Å². The van der Waals surface area contributed by atoms with E-state index >= 15 is 0 Å². The molecule has 0 aliphatic rings. The maximum atomic E-state index is 7.17. The smallest absolute Gasteiger partial charge is 0.320 e. The van der Waals surface area contributed by atoms with Gasteiger partial charge in [-0.3, -0.25) is 0 Å². The first-order valence-electron chi connectivity index (χ1n) is 9.90. The molecule has 4 aromatic rings. The third kappa shape index (κ3) is 3.65. The SMILES string of the molecule is CC(C)(C)[Si](Oc1cc2ccccc2cc1Br)(c1ccccc1)c1ccccc1. The molecule has 29 heavy (non-hydrogen) atoms. The van der Waals surface area contributed by atoms with E-state index in [2.05, 4.69) is 134 Å². The van der Waals surface area contributed by atoms with Crippen molar-refractivity contribution in [3.8, 4) is 5.75 Å². The normalized spacial score (nSPS) is 12.1. The van der Waals surface area contributed by atoms with E-state index in [-0.39, 0.29) is 5.04 Å². The predicted octanol–water partition coefficient (Wildman–Crippen LogP) is 6.54. The molecule has 0 aromatic heterocycles. The summed E-state index contributed by atoms with van der Waals surface area (Å²) in [7, 11) is -2.64.